The van der Waals surface area contributed by atoms with Crippen LogP contribution in [0.4, 0.5) is 0 Å². The molecule has 0 saturated carbocycles. The molecule has 1 aromatic rings. The molecule has 0 radical (unpaired) electrons. The second-order valence-electron chi connectivity index (χ2n) is 2.60. The summed E-state index contributed by atoms with van der Waals surface area (Å²) in [5, 5.41) is 26.7. The predicted octanol–water partition coefficient (Wildman–Crippen LogP) is -0.927. The first-order valence-electron chi connectivity index (χ1n) is 3.84. The van der Waals surface area contributed by atoms with E-state index in [1.165, 1.54) is 25.3 Å². The fourth-order valence-electron chi connectivity index (χ4n) is 1.17. The van der Waals surface area contributed by atoms with Gasteiger partial charge < -0.3 is 19.9 Å². The van der Waals surface area contributed by atoms with Gasteiger partial charge in [0.1, 0.15) is 5.75 Å². The zero-order valence-electron chi connectivity index (χ0n) is 7.47. The topological polar surface area (TPSA) is 87.0 Å². The van der Waals surface area contributed by atoms with Crippen LogP contribution in [0.25, 0.3) is 0 Å². The van der Waals surface area contributed by atoms with Gasteiger partial charge in [-0.25, -0.2) is 4.79 Å². The second kappa shape index (κ2) is 4.12. The lowest BCUT2D eigenvalue weighted by Crippen LogP contribution is -2.35. The van der Waals surface area contributed by atoms with Crippen molar-refractivity contribution in [2.24, 2.45) is 0 Å². The molecule has 0 aliphatic carbocycles. The monoisotopic (exact) mass is 196 g/mol. The number of benzene rings is 1. The summed E-state index contributed by atoms with van der Waals surface area (Å²) in [6.07, 6.45) is 0. The molecule has 0 unspecified atom stereocenters. The van der Waals surface area contributed by atoms with Gasteiger partial charge in [0.15, 0.2) is 0 Å². The highest BCUT2D eigenvalue weighted by atomic mass is 16.5. The lowest BCUT2D eigenvalue weighted by Gasteiger charge is -2.09. The van der Waals surface area contributed by atoms with Crippen LogP contribution < -0.4 is 10.2 Å². The van der Waals surface area contributed by atoms with Crippen molar-refractivity contribution in [3.63, 3.8) is 0 Å². The van der Waals surface area contributed by atoms with Crippen molar-refractivity contribution in [3.8, 4) is 5.75 Å². The molecule has 14 heavy (non-hydrogen) atoms. The lowest BCUT2D eigenvalue weighted by molar-refractivity contribution is 0.0697. The third-order valence-corrected chi connectivity index (χ3v) is 1.77. The van der Waals surface area contributed by atoms with Gasteiger partial charge in [-0.15, -0.1) is 0 Å². The van der Waals surface area contributed by atoms with E-state index < -0.39 is 13.1 Å². The SMILES string of the molecule is COc1cccc(C(=O)O)c1B(O)O. The summed E-state index contributed by atoms with van der Waals surface area (Å²) in [7, 11) is -0.537. The maximum atomic E-state index is 10.7. The van der Waals surface area contributed by atoms with E-state index in [4.69, 9.17) is 19.9 Å². The summed E-state index contributed by atoms with van der Waals surface area (Å²) in [5.41, 5.74) is -0.318. The Balaban J connectivity index is 3.35. The molecule has 5 nitrogen and oxygen atoms in total. The summed E-state index contributed by atoms with van der Waals surface area (Å²) >= 11 is 0. The van der Waals surface area contributed by atoms with Gasteiger partial charge in [-0.3, -0.25) is 0 Å². The average Bonchev–Trinajstić information content (AvgIpc) is 2.16. The van der Waals surface area contributed by atoms with Gasteiger partial charge >= 0.3 is 13.1 Å². The Hall–Kier alpha value is -1.53. The van der Waals surface area contributed by atoms with E-state index in [0.29, 0.717) is 0 Å². The number of aromatic carboxylic acids is 1. The summed E-state index contributed by atoms with van der Waals surface area (Å²) in [6, 6.07) is 4.20. The minimum Gasteiger partial charge on any atom is -0.497 e. The number of carbonyl (C=O) groups is 1. The summed E-state index contributed by atoms with van der Waals surface area (Å²) in [4.78, 5) is 10.7. The molecule has 0 bridgehead atoms. The Morgan fingerprint density at radius 3 is 2.50 bits per heavy atom. The summed E-state index contributed by atoms with van der Waals surface area (Å²) in [6.45, 7) is 0. The number of hydrogen-bond acceptors (Lipinski definition) is 4. The Morgan fingerprint density at radius 1 is 1.43 bits per heavy atom. The van der Waals surface area contributed by atoms with Crippen LogP contribution in [0.3, 0.4) is 0 Å². The molecule has 0 spiro atoms. The van der Waals surface area contributed by atoms with Gasteiger partial charge in [0, 0.05) is 5.46 Å². The number of carboxylic acid groups (broad SMARTS) is 1. The van der Waals surface area contributed by atoms with Crippen LogP contribution in [0.5, 0.6) is 5.75 Å². The first-order chi connectivity index (χ1) is 6.57. The van der Waals surface area contributed by atoms with Crippen LogP contribution >= 0.6 is 0 Å². The van der Waals surface area contributed by atoms with Crippen LogP contribution in [-0.2, 0) is 0 Å². The Kier molecular flexibility index (Phi) is 3.11. The van der Waals surface area contributed by atoms with Crippen LogP contribution in [-0.4, -0.2) is 35.4 Å². The van der Waals surface area contributed by atoms with E-state index >= 15 is 0 Å². The van der Waals surface area contributed by atoms with Gasteiger partial charge in [-0.2, -0.15) is 0 Å². The van der Waals surface area contributed by atoms with Gasteiger partial charge in [-0.05, 0) is 12.1 Å². The van der Waals surface area contributed by atoms with E-state index in [-0.39, 0.29) is 16.8 Å². The number of carboxylic acids is 1. The van der Waals surface area contributed by atoms with E-state index in [9.17, 15) is 4.79 Å². The van der Waals surface area contributed by atoms with Crippen molar-refractivity contribution in [2.75, 3.05) is 7.11 Å². The number of ether oxygens (including phenoxy) is 1. The highest BCUT2D eigenvalue weighted by Crippen LogP contribution is 2.10. The fourth-order valence-corrected chi connectivity index (χ4v) is 1.17. The predicted molar refractivity (Wildman–Crippen MR) is 49.8 cm³/mol. The molecule has 0 aliphatic heterocycles. The number of rotatable bonds is 3. The Labute approximate surface area is 80.7 Å². The molecule has 0 heterocycles. The second-order valence-corrected chi connectivity index (χ2v) is 2.60. The van der Waals surface area contributed by atoms with Crippen LogP contribution in [0.15, 0.2) is 18.2 Å². The van der Waals surface area contributed by atoms with Crippen molar-refractivity contribution in [2.45, 2.75) is 0 Å². The van der Waals surface area contributed by atoms with E-state index in [2.05, 4.69) is 0 Å². The maximum absolute atomic E-state index is 10.7. The highest BCUT2D eigenvalue weighted by Gasteiger charge is 2.24. The maximum Gasteiger partial charge on any atom is 0.493 e. The first-order valence-corrected chi connectivity index (χ1v) is 3.84. The Bertz CT molecular complexity index is 350. The zero-order valence-corrected chi connectivity index (χ0v) is 7.47. The standard InChI is InChI=1S/C8H9BO5/c1-14-6-4-2-3-5(8(10)11)7(6)9(12)13/h2-4,12-13H,1H3,(H,10,11). The third-order valence-electron chi connectivity index (χ3n) is 1.77. The van der Waals surface area contributed by atoms with E-state index in [1.54, 1.807) is 0 Å². The highest BCUT2D eigenvalue weighted by molar-refractivity contribution is 6.61. The quantitative estimate of drug-likeness (QED) is 0.543. The van der Waals surface area contributed by atoms with Gasteiger partial charge in [0.2, 0.25) is 0 Å². The summed E-state index contributed by atoms with van der Waals surface area (Å²) < 4.78 is 4.81. The molecule has 0 aliphatic rings. The smallest absolute Gasteiger partial charge is 0.493 e. The Morgan fingerprint density at radius 2 is 2.07 bits per heavy atom. The fraction of sp³-hybridized carbons (Fsp3) is 0.125. The largest absolute Gasteiger partial charge is 0.497 e. The van der Waals surface area contributed by atoms with Crippen molar-refractivity contribution in [3.05, 3.63) is 23.8 Å². The van der Waals surface area contributed by atoms with E-state index in [1.807, 2.05) is 0 Å². The van der Waals surface area contributed by atoms with Gasteiger partial charge in [0.25, 0.3) is 0 Å². The molecule has 1 rings (SSSR count). The van der Waals surface area contributed by atoms with Gasteiger partial charge in [-0.1, -0.05) is 6.07 Å². The van der Waals surface area contributed by atoms with Gasteiger partial charge in [0.05, 0.1) is 12.7 Å². The molecule has 0 atom stereocenters. The normalized spacial score (nSPS) is 9.64. The molecule has 6 heteroatoms. The molecule has 0 aromatic heterocycles. The number of methoxy groups -OCH3 is 1. The van der Waals surface area contributed by atoms with Crippen molar-refractivity contribution >= 4 is 18.6 Å². The third kappa shape index (κ3) is 1.86. The number of hydrogen-bond donors (Lipinski definition) is 3. The molecule has 0 fully saturated rings. The minimum absolute atomic E-state index is 0.137. The molecule has 0 saturated heterocycles. The lowest BCUT2D eigenvalue weighted by atomic mass is 9.76. The van der Waals surface area contributed by atoms with Crippen LogP contribution in [0.2, 0.25) is 0 Å². The first kappa shape index (κ1) is 10.6. The summed E-state index contributed by atoms with van der Waals surface area (Å²) in [5.74, 6) is -1.09. The molecule has 1 aromatic carbocycles. The van der Waals surface area contributed by atoms with Crippen LogP contribution in [0, 0.1) is 0 Å². The molecule has 74 valence electrons. The van der Waals surface area contributed by atoms with Crippen molar-refractivity contribution < 1.29 is 24.7 Å². The molecule has 3 N–H and O–H groups in total. The molecular formula is C8H9BO5. The van der Waals surface area contributed by atoms with Crippen molar-refractivity contribution in [1.29, 1.82) is 0 Å². The van der Waals surface area contributed by atoms with Crippen molar-refractivity contribution in [1.82, 2.24) is 0 Å². The minimum atomic E-state index is -1.86. The molecule has 0 amide bonds. The molecular weight excluding hydrogens is 187 g/mol. The van der Waals surface area contributed by atoms with E-state index in [0.717, 1.165) is 0 Å². The zero-order chi connectivity index (χ0) is 10.7. The van der Waals surface area contributed by atoms with Crippen LogP contribution in [0.1, 0.15) is 10.4 Å². The average molecular weight is 196 g/mol.